The lowest BCUT2D eigenvalue weighted by molar-refractivity contribution is 0.281. The van der Waals surface area contributed by atoms with Crippen LogP contribution in [0.3, 0.4) is 0 Å². The Bertz CT molecular complexity index is 1130. The molecule has 0 aliphatic heterocycles. The van der Waals surface area contributed by atoms with Gasteiger partial charge in [0.15, 0.2) is 11.0 Å². The molecule has 0 unspecified atom stereocenters. The van der Waals surface area contributed by atoms with E-state index in [1.165, 1.54) is 0 Å². The number of rotatable bonds is 6. The highest BCUT2D eigenvalue weighted by molar-refractivity contribution is 7.87. The third-order valence-corrected chi connectivity index (χ3v) is 5.88. The van der Waals surface area contributed by atoms with Gasteiger partial charge >= 0.3 is 10.1 Å². The number of hydrogen-bond acceptors (Lipinski definition) is 7. The van der Waals surface area contributed by atoms with Gasteiger partial charge in [-0.15, -0.1) is 0 Å². The van der Waals surface area contributed by atoms with Crippen molar-refractivity contribution < 1.29 is 17.3 Å². The van der Waals surface area contributed by atoms with E-state index in [9.17, 15) is 8.42 Å². The van der Waals surface area contributed by atoms with E-state index >= 15 is 0 Å². The summed E-state index contributed by atoms with van der Waals surface area (Å²) in [5.74, 6) is -0.706. The Morgan fingerprint density at radius 3 is 2.24 bits per heavy atom. The van der Waals surface area contributed by atoms with Crippen LogP contribution in [0.25, 0.3) is 0 Å². The van der Waals surface area contributed by atoms with Crippen molar-refractivity contribution >= 4 is 27.5 Å². The van der Waals surface area contributed by atoms with Gasteiger partial charge in [0.05, 0.1) is 0 Å². The van der Waals surface area contributed by atoms with Crippen LogP contribution in [0, 0.1) is 20.8 Å². The second kappa shape index (κ2) is 8.26. The first-order chi connectivity index (χ1) is 13.7. The Morgan fingerprint density at radius 2 is 1.62 bits per heavy atom. The zero-order chi connectivity index (χ0) is 21.2. The van der Waals surface area contributed by atoms with Gasteiger partial charge in [-0.3, -0.25) is 0 Å². The number of ether oxygens (including phenoxy) is 1. The van der Waals surface area contributed by atoms with E-state index in [-0.39, 0.29) is 34.2 Å². The number of aromatic nitrogens is 2. The van der Waals surface area contributed by atoms with E-state index in [1.54, 1.807) is 26.0 Å². The number of nitrogen functional groups attached to an aromatic ring is 1. The van der Waals surface area contributed by atoms with Crippen LogP contribution in [0.4, 0.5) is 5.82 Å². The summed E-state index contributed by atoms with van der Waals surface area (Å²) >= 11 is 5.94. The number of benzene rings is 2. The summed E-state index contributed by atoms with van der Waals surface area (Å²) in [6.45, 7) is 5.41. The van der Waals surface area contributed by atoms with Gasteiger partial charge < -0.3 is 14.7 Å². The minimum atomic E-state index is -4.21. The van der Waals surface area contributed by atoms with Crippen molar-refractivity contribution in [3.05, 3.63) is 69.9 Å². The normalized spacial score (nSPS) is 11.3. The van der Waals surface area contributed by atoms with Crippen molar-refractivity contribution in [2.45, 2.75) is 32.3 Å². The molecule has 0 spiro atoms. The Balaban J connectivity index is 1.97. The lowest BCUT2D eigenvalue weighted by Gasteiger charge is -2.15. The van der Waals surface area contributed by atoms with Gasteiger partial charge in [0.2, 0.25) is 0 Å². The highest BCUT2D eigenvalue weighted by Gasteiger charge is 2.26. The second-order valence-corrected chi connectivity index (χ2v) is 8.39. The maximum atomic E-state index is 13.0. The molecule has 0 radical (unpaired) electrons. The molecule has 9 heteroatoms. The Kier molecular flexibility index (Phi) is 5.95. The predicted molar refractivity (Wildman–Crippen MR) is 111 cm³/mol. The second-order valence-electron chi connectivity index (χ2n) is 6.55. The standard InChI is InChI=1S/C20H20ClN3O4S/c1-12-9-13(2)16(14(3)10-12)29(25,26)28-20-19(23-17(21)18(22)24-20)27-11-15-7-5-4-6-8-15/h4-10H,11H2,1-3H3,(H2,22,24). The van der Waals surface area contributed by atoms with Crippen LogP contribution >= 0.6 is 11.6 Å². The molecule has 2 N–H and O–H groups in total. The summed E-state index contributed by atoms with van der Waals surface area (Å²) in [5, 5.41) is -0.111. The van der Waals surface area contributed by atoms with Gasteiger partial charge in [-0.2, -0.15) is 18.4 Å². The van der Waals surface area contributed by atoms with Gasteiger partial charge in [-0.25, -0.2) is 0 Å². The Labute approximate surface area is 174 Å². The van der Waals surface area contributed by atoms with Gasteiger partial charge in [0, 0.05) is 0 Å². The average Bonchev–Trinajstić information content (AvgIpc) is 2.63. The molecule has 2 aromatic carbocycles. The summed E-state index contributed by atoms with van der Waals surface area (Å²) in [6, 6.07) is 12.8. The molecular weight excluding hydrogens is 414 g/mol. The molecule has 1 heterocycles. The first-order valence-electron chi connectivity index (χ1n) is 8.69. The fourth-order valence-electron chi connectivity index (χ4n) is 2.98. The van der Waals surface area contributed by atoms with Gasteiger partial charge in [-0.05, 0) is 37.5 Å². The van der Waals surface area contributed by atoms with Crippen molar-refractivity contribution in [3.8, 4) is 11.8 Å². The zero-order valence-electron chi connectivity index (χ0n) is 16.1. The molecule has 0 aliphatic carbocycles. The molecule has 3 rings (SSSR count). The maximum absolute atomic E-state index is 13.0. The topological polar surface area (TPSA) is 104 Å². The number of hydrogen-bond donors (Lipinski definition) is 1. The van der Waals surface area contributed by atoms with Crippen molar-refractivity contribution in [2.24, 2.45) is 0 Å². The molecule has 0 saturated heterocycles. The van der Waals surface area contributed by atoms with Crippen molar-refractivity contribution in [2.75, 3.05) is 5.73 Å². The third kappa shape index (κ3) is 4.78. The van der Waals surface area contributed by atoms with Gasteiger partial charge in [0.25, 0.3) is 11.8 Å². The summed E-state index contributed by atoms with van der Waals surface area (Å²) in [4.78, 5) is 7.98. The van der Waals surface area contributed by atoms with E-state index in [0.29, 0.717) is 11.1 Å². The Hall–Kier alpha value is -2.84. The molecule has 0 atom stereocenters. The van der Waals surface area contributed by atoms with Crippen molar-refractivity contribution in [3.63, 3.8) is 0 Å². The minimum absolute atomic E-state index is 0.0624. The van der Waals surface area contributed by atoms with Crippen molar-refractivity contribution in [1.82, 2.24) is 9.97 Å². The van der Waals surface area contributed by atoms with E-state index in [2.05, 4.69) is 9.97 Å². The SMILES string of the molecule is Cc1cc(C)c(S(=O)(=O)Oc2nc(N)c(Cl)nc2OCc2ccccc2)c(C)c1. The highest BCUT2D eigenvalue weighted by atomic mass is 35.5. The van der Waals surface area contributed by atoms with Crippen LogP contribution in [-0.2, 0) is 16.7 Å². The summed E-state index contributed by atoms with van der Waals surface area (Å²) in [5.41, 5.74) is 8.61. The molecule has 0 saturated carbocycles. The van der Waals surface area contributed by atoms with Gasteiger partial charge in [-0.1, -0.05) is 59.6 Å². The van der Waals surface area contributed by atoms with Crippen LogP contribution in [0.15, 0.2) is 47.4 Å². The lowest BCUT2D eigenvalue weighted by atomic mass is 10.1. The third-order valence-electron chi connectivity index (χ3n) is 4.08. The van der Waals surface area contributed by atoms with Gasteiger partial charge in [0.1, 0.15) is 11.5 Å². The molecule has 152 valence electrons. The number of nitrogens with zero attached hydrogens (tertiary/aromatic N) is 2. The van der Waals surface area contributed by atoms with Crippen molar-refractivity contribution in [1.29, 1.82) is 0 Å². The first kappa shape index (κ1) is 20.9. The van der Waals surface area contributed by atoms with Crippen LogP contribution in [0.2, 0.25) is 5.15 Å². The predicted octanol–water partition coefficient (Wildman–Crippen LogP) is 3.98. The largest absolute Gasteiger partial charge is 0.469 e. The molecular formula is C20H20ClN3O4S. The molecule has 1 aromatic heterocycles. The smallest absolute Gasteiger partial charge is 0.341 e. The molecule has 0 amide bonds. The number of aryl methyl sites for hydroxylation is 3. The molecule has 0 bridgehead atoms. The highest BCUT2D eigenvalue weighted by Crippen LogP contribution is 2.32. The first-order valence-corrected chi connectivity index (χ1v) is 10.5. The fourth-order valence-corrected chi connectivity index (χ4v) is 4.40. The van der Waals surface area contributed by atoms with Crippen LogP contribution in [0.5, 0.6) is 11.8 Å². The fraction of sp³-hybridized carbons (Fsp3) is 0.200. The number of anilines is 1. The molecule has 7 nitrogen and oxygen atoms in total. The average molecular weight is 434 g/mol. The lowest BCUT2D eigenvalue weighted by Crippen LogP contribution is -2.16. The van der Waals surface area contributed by atoms with E-state index in [0.717, 1.165) is 11.1 Å². The zero-order valence-corrected chi connectivity index (χ0v) is 17.7. The molecule has 0 fully saturated rings. The quantitative estimate of drug-likeness (QED) is 0.586. The van der Waals surface area contributed by atoms with Crippen LogP contribution in [0.1, 0.15) is 22.3 Å². The Morgan fingerprint density at radius 1 is 1.00 bits per heavy atom. The monoisotopic (exact) mass is 433 g/mol. The van der Waals surface area contributed by atoms with E-state index in [1.807, 2.05) is 37.3 Å². The molecule has 29 heavy (non-hydrogen) atoms. The number of nitrogens with two attached hydrogens (primary N) is 1. The molecule has 0 aliphatic rings. The van der Waals surface area contributed by atoms with E-state index in [4.69, 9.17) is 26.3 Å². The minimum Gasteiger partial charge on any atom is -0.469 e. The van der Waals surface area contributed by atoms with E-state index < -0.39 is 10.1 Å². The summed E-state index contributed by atoms with van der Waals surface area (Å²) < 4.78 is 36.8. The maximum Gasteiger partial charge on any atom is 0.341 e. The number of halogens is 1. The molecule has 3 aromatic rings. The van der Waals surface area contributed by atoms with Crippen LogP contribution in [-0.4, -0.2) is 18.4 Å². The summed E-state index contributed by atoms with van der Waals surface area (Å²) in [7, 11) is -4.21. The summed E-state index contributed by atoms with van der Waals surface area (Å²) in [6.07, 6.45) is 0. The van der Waals surface area contributed by atoms with Crippen LogP contribution < -0.4 is 14.7 Å².